The Morgan fingerprint density at radius 1 is 0.354 bits per heavy atom. The second-order valence-electron chi connectivity index (χ2n) is 16.6. The van der Waals surface area contributed by atoms with Gasteiger partial charge < -0.3 is 9.47 Å². The fraction of sp³-hybridized carbons (Fsp3) is 0.0339. The molecule has 10 aromatic rings. The predicted molar refractivity (Wildman–Crippen MR) is 263 cm³/mol. The smallest absolute Gasteiger partial charge is 0.188 e. The summed E-state index contributed by atoms with van der Waals surface area (Å²) in [7, 11) is -2.95. The number of aryl methyl sites for hydroxylation is 1. The number of rotatable bonds is 7. The van der Waals surface area contributed by atoms with Gasteiger partial charge in [0.2, 0.25) is 0 Å². The van der Waals surface area contributed by atoms with Crippen LogP contribution in [0.15, 0.2) is 231 Å². The summed E-state index contributed by atoms with van der Waals surface area (Å²) >= 11 is 0. The van der Waals surface area contributed by atoms with Crippen molar-refractivity contribution >= 4 is 28.8 Å². The van der Waals surface area contributed by atoms with Crippen LogP contribution >= 0.6 is 0 Å². The zero-order valence-corrected chi connectivity index (χ0v) is 36.6. The Kier molecular flexibility index (Phi) is 9.21. The predicted octanol–water partition coefficient (Wildman–Crippen LogP) is 11.2. The first-order chi connectivity index (χ1) is 32.2. The van der Waals surface area contributed by atoms with Gasteiger partial charge in [-0.1, -0.05) is 206 Å². The molecular formula is C59H41N3O2Si. The van der Waals surface area contributed by atoms with Crippen molar-refractivity contribution in [2.75, 3.05) is 0 Å². The SMILES string of the molecule is Cc1ccccc1-c1nc(-c2cccc3c2Oc2ccccc2C3(c2ccccc2)c2ccccc2)nc(-c2cccc3c2Oc2ccccc2[Si]3(c2ccccc2)c2ccccc2)n1. The van der Waals surface area contributed by atoms with Gasteiger partial charge in [0.15, 0.2) is 25.5 Å². The third kappa shape index (κ3) is 5.95. The third-order valence-corrected chi connectivity index (χ3v) is 18.0. The summed E-state index contributed by atoms with van der Waals surface area (Å²) in [6.45, 7) is 2.10. The maximum absolute atomic E-state index is 7.14. The minimum absolute atomic E-state index is 0.503. The lowest BCUT2D eigenvalue weighted by atomic mass is 9.63. The molecule has 0 radical (unpaired) electrons. The van der Waals surface area contributed by atoms with E-state index in [1.807, 2.05) is 18.2 Å². The van der Waals surface area contributed by atoms with Gasteiger partial charge in [-0.25, -0.2) is 15.0 Å². The van der Waals surface area contributed by atoms with Crippen molar-refractivity contribution in [2.45, 2.75) is 12.3 Å². The lowest BCUT2D eigenvalue weighted by Gasteiger charge is -2.42. The summed E-state index contributed by atoms with van der Waals surface area (Å²) in [5.74, 6) is 4.65. The molecule has 5 nitrogen and oxygen atoms in total. The fourth-order valence-electron chi connectivity index (χ4n) is 10.4. The highest BCUT2D eigenvalue weighted by Crippen LogP contribution is 2.57. The van der Waals surface area contributed by atoms with E-state index in [9.17, 15) is 0 Å². The van der Waals surface area contributed by atoms with Crippen molar-refractivity contribution in [3.05, 3.63) is 258 Å². The topological polar surface area (TPSA) is 57.1 Å². The van der Waals surface area contributed by atoms with Gasteiger partial charge in [0.05, 0.1) is 16.5 Å². The van der Waals surface area contributed by atoms with Crippen molar-refractivity contribution in [3.63, 3.8) is 0 Å². The highest BCUT2D eigenvalue weighted by molar-refractivity contribution is 7.20. The average Bonchev–Trinajstić information content (AvgIpc) is 3.38. The molecule has 0 aliphatic carbocycles. The molecule has 65 heavy (non-hydrogen) atoms. The van der Waals surface area contributed by atoms with Crippen molar-refractivity contribution < 1.29 is 9.47 Å². The Labute approximate surface area is 379 Å². The number of fused-ring (bicyclic) bond motifs is 4. The second kappa shape index (κ2) is 15.6. The Morgan fingerprint density at radius 3 is 1.42 bits per heavy atom. The first kappa shape index (κ1) is 38.5. The van der Waals surface area contributed by atoms with Crippen molar-refractivity contribution in [1.82, 2.24) is 15.0 Å². The van der Waals surface area contributed by atoms with Crippen LogP contribution in [0.3, 0.4) is 0 Å². The van der Waals surface area contributed by atoms with Gasteiger partial charge >= 0.3 is 0 Å². The summed E-state index contributed by atoms with van der Waals surface area (Å²) < 4.78 is 14.3. The zero-order chi connectivity index (χ0) is 43.4. The quantitative estimate of drug-likeness (QED) is 0.150. The van der Waals surface area contributed by atoms with E-state index in [4.69, 9.17) is 24.4 Å². The van der Waals surface area contributed by atoms with Crippen LogP contribution in [0.1, 0.15) is 27.8 Å². The normalized spacial score (nSPS) is 13.8. The largest absolute Gasteiger partial charge is 0.457 e. The number of benzene rings is 9. The Morgan fingerprint density at radius 2 is 0.785 bits per heavy atom. The number of nitrogens with zero attached hydrogens (tertiary/aromatic N) is 3. The number of ether oxygens (including phenoxy) is 2. The van der Waals surface area contributed by atoms with E-state index in [-0.39, 0.29) is 0 Å². The van der Waals surface area contributed by atoms with Gasteiger partial charge in [-0.05, 0) is 68.6 Å². The monoisotopic (exact) mass is 851 g/mol. The van der Waals surface area contributed by atoms with Gasteiger partial charge in [0, 0.05) is 16.7 Å². The second-order valence-corrected chi connectivity index (χ2v) is 20.4. The van der Waals surface area contributed by atoms with Gasteiger partial charge in [-0.3, -0.25) is 0 Å². The Balaban J connectivity index is 1.14. The maximum Gasteiger partial charge on any atom is 0.188 e. The molecular weight excluding hydrogens is 811 g/mol. The molecule has 0 saturated heterocycles. The molecule has 0 fully saturated rings. The van der Waals surface area contributed by atoms with Crippen LogP contribution in [0, 0.1) is 6.92 Å². The van der Waals surface area contributed by atoms with E-state index < -0.39 is 13.5 Å². The van der Waals surface area contributed by atoms with E-state index in [2.05, 4.69) is 219 Å². The minimum atomic E-state index is -2.95. The highest BCUT2D eigenvalue weighted by Gasteiger charge is 2.49. The molecule has 2 aliphatic heterocycles. The lowest BCUT2D eigenvalue weighted by molar-refractivity contribution is 0.436. The molecule has 2 aliphatic rings. The molecule has 0 spiro atoms. The highest BCUT2D eigenvalue weighted by atomic mass is 28.3. The van der Waals surface area contributed by atoms with Gasteiger partial charge in [0.25, 0.3) is 0 Å². The number of hydrogen-bond donors (Lipinski definition) is 0. The molecule has 9 aromatic carbocycles. The molecule has 0 N–H and O–H groups in total. The molecule has 0 saturated carbocycles. The number of hydrogen-bond acceptors (Lipinski definition) is 5. The van der Waals surface area contributed by atoms with Gasteiger partial charge in [-0.15, -0.1) is 0 Å². The molecule has 0 amide bonds. The van der Waals surface area contributed by atoms with Gasteiger partial charge in [-0.2, -0.15) is 0 Å². The Bertz CT molecular complexity index is 3120. The van der Waals surface area contributed by atoms with Gasteiger partial charge in [0.1, 0.15) is 23.0 Å². The van der Waals surface area contributed by atoms with E-state index in [0.29, 0.717) is 23.2 Å². The molecule has 308 valence electrons. The van der Waals surface area contributed by atoms with Crippen LogP contribution in [-0.4, -0.2) is 23.0 Å². The van der Waals surface area contributed by atoms with Crippen LogP contribution < -0.4 is 30.2 Å². The van der Waals surface area contributed by atoms with E-state index in [0.717, 1.165) is 66.9 Å². The zero-order valence-electron chi connectivity index (χ0n) is 35.6. The number of aromatic nitrogens is 3. The van der Waals surface area contributed by atoms with Crippen molar-refractivity contribution in [1.29, 1.82) is 0 Å². The lowest BCUT2D eigenvalue weighted by Crippen LogP contribution is -2.76. The molecule has 12 rings (SSSR count). The van der Waals surface area contributed by atoms with Crippen LogP contribution in [0.4, 0.5) is 0 Å². The number of para-hydroxylation sites is 4. The molecule has 0 bridgehead atoms. The van der Waals surface area contributed by atoms with Crippen molar-refractivity contribution in [2.24, 2.45) is 0 Å². The standard InChI is InChI=1S/C59H41N3O2Si/c1-40-22-14-15-31-45(40)56-60-57(46-32-20-35-49-54(46)63-50-36-17-16-34-48(50)59(49,41-23-6-2-7-24-41)42-25-8-3-9-26-42)62-58(61-56)47-33-21-39-53-55(47)64-51-37-18-19-38-52(51)65(53,43-27-10-4-11-28-43)44-29-12-5-13-30-44/h2-39H,1H3. The summed E-state index contributed by atoms with van der Waals surface area (Å²) in [6.07, 6.45) is 0. The summed E-state index contributed by atoms with van der Waals surface area (Å²) in [6, 6.07) is 81.3. The first-order valence-corrected chi connectivity index (χ1v) is 24.0. The first-order valence-electron chi connectivity index (χ1n) is 22.0. The van der Waals surface area contributed by atoms with Crippen molar-refractivity contribution in [3.8, 4) is 57.2 Å². The summed E-state index contributed by atoms with van der Waals surface area (Å²) in [5, 5.41) is 4.88. The van der Waals surface area contributed by atoms with Crippen LogP contribution in [0.2, 0.25) is 0 Å². The van der Waals surface area contributed by atoms with Crippen LogP contribution in [-0.2, 0) is 5.41 Å². The van der Waals surface area contributed by atoms with E-state index in [1.165, 1.54) is 15.6 Å². The van der Waals surface area contributed by atoms with E-state index >= 15 is 0 Å². The van der Waals surface area contributed by atoms with Crippen LogP contribution in [0.5, 0.6) is 23.0 Å². The van der Waals surface area contributed by atoms with Crippen LogP contribution in [0.25, 0.3) is 34.2 Å². The minimum Gasteiger partial charge on any atom is -0.457 e. The Hall–Kier alpha value is -8.19. The maximum atomic E-state index is 7.14. The average molecular weight is 852 g/mol. The summed E-state index contributed by atoms with van der Waals surface area (Å²) in [4.78, 5) is 16.2. The summed E-state index contributed by atoms with van der Waals surface area (Å²) in [5.41, 5.74) is 7.16. The molecule has 0 atom stereocenters. The molecule has 1 aromatic heterocycles. The molecule has 0 unspecified atom stereocenters. The fourth-order valence-corrected chi connectivity index (χ4v) is 15.3. The molecule has 6 heteroatoms. The third-order valence-electron chi connectivity index (χ3n) is 13.2. The molecule has 3 heterocycles. The van der Waals surface area contributed by atoms with E-state index in [1.54, 1.807) is 0 Å².